The molecule has 15 heavy (non-hydrogen) atoms. The molecule has 0 aliphatic rings. The Bertz CT molecular complexity index is 328. The van der Waals surface area contributed by atoms with E-state index in [2.05, 4.69) is 4.90 Å². The van der Waals surface area contributed by atoms with Crippen LogP contribution in [0.15, 0.2) is 18.2 Å². The molecule has 0 saturated carbocycles. The predicted octanol–water partition coefficient (Wildman–Crippen LogP) is 3.54. The minimum absolute atomic E-state index is 0.103. The molecule has 0 saturated heterocycles. The van der Waals surface area contributed by atoms with Crippen molar-refractivity contribution in [3.8, 4) is 0 Å². The van der Waals surface area contributed by atoms with Crippen molar-refractivity contribution < 1.29 is 4.39 Å². The largest absolute Gasteiger partial charge is 0.301 e. The third-order valence-corrected chi connectivity index (χ3v) is 2.43. The summed E-state index contributed by atoms with van der Waals surface area (Å²) in [6, 6.07) is 4.76. The molecule has 1 nitrogen and oxygen atoms in total. The second-order valence-electron chi connectivity index (χ2n) is 3.73. The van der Waals surface area contributed by atoms with E-state index in [0.29, 0.717) is 0 Å². The van der Waals surface area contributed by atoms with E-state index in [-0.39, 0.29) is 16.2 Å². The Morgan fingerprint density at radius 1 is 1.47 bits per heavy atom. The van der Waals surface area contributed by atoms with Gasteiger partial charge >= 0.3 is 0 Å². The van der Waals surface area contributed by atoms with E-state index in [1.165, 1.54) is 6.07 Å². The van der Waals surface area contributed by atoms with Gasteiger partial charge in [0.25, 0.3) is 0 Å². The zero-order chi connectivity index (χ0) is 11.4. The molecule has 0 amide bonds. The van der Waals surface area contributed by atoms with Crippen molar-refractivity contribution in [2.75, 3.05) is 13.6 Å². The van der Waals surface area contributed by atoms with Gasteiger partial charge in [0.1, 0.15) is 5.82 Å². The SMILES string of the molecule is CC(Cl)CN(C)Cc1ccc(F)c(Cl)c1. The number of hydrogen-bond donors (Lipinski definition) is 0. The lowest BCUT2D eigenvalue weighted by Crippen LogP contribution is -2.24. The maximum absolute atomic E-state index is 12.9. The van der Waals surface area contributed by atoms with Crippen molar-refractivity contribution in [1.82, 2.24) is 4.90 Å². The molecule has 0 radical (unpaired) electrons. The summed E-state index contributed by atoms with van der Waals surface area (Å²) in [5.74, 6) is -0.381. The molecule has 0 aromatic heterocycles. The lowest BCUT2D eigenvalue weighted by Gasteiger charge is -2.18. The van der Waals surface area contributed by atoms with Crippen LogP contribution in [0.5, 0.6) is 0 Å². The van der Waals surface area contributed by atoms with Gasteiger partial charge in [0.15, 0.2) is 0 Å². The van der Waals surface area contributed by atoms with Gasteiger partial charge in [0.05, 0.1) is 5.02 Å². The third-order valence-electron chi connectivity index (χ3n) is 2.00. The minimum atomic E-state index is -0.381. The monoisotopic (exact) mass is 249 g/mol. The van der Waals surface area contributed by atoms with Crippen LogP contribution in [0, 0.1) is 5.82 Å². The van der Waals surface area contributed by atoms with E-state index in [9.17, 15) is 4.39 Å². The highest BCUT2D eigenvalue weighted by atomic mass is 35.5. The lowest BCUT2D eigenvalue weighted by atomic mass is 10.2. The molecule has 0 heterocycles. The van der Waals surface area contributed by atoms with E-state index >= 15 is 0 Å². The topological polar surface area (TPSA) is 3.24 Å². The molecule has 84 valence electrons. The van der Waals surface area contributed by atoms with Crippen LogP contribution >= 0.6 is 23.2 Å². The minimum Gasteiger partial charge on any atom is -0.301 e. The van der Waals surface area contributed by atoms with Gasteiger partial charge in [-0.2, -0.15) is 0 Å². The second-order valence-corrected chi connectivity index (χ2v) is 4.88. The van der Waals surface area contributed by atoms with Crippen LogP contribution in [0.25, 0.3) is 0 Å². The average Bonchev–Trinajstić information content (AvgIpc) is 2.10. The van der Waals surface area contributed by atoms with Crippen LogP contribution in [-0.4, -0.2) is 23.9 Å². The highest BCUT2D eigenvalue weighted by Crippen LogP contribution is 2.17. The van der Waals surface area contributed by atoms with Crippen LogP contribution in [0.1, 0.15) is 12.5 Å². The fraction of sp³-hybridized carbons (Fsp3) is 0.455. The maximum atomic E-state index is 12.9. The summed E-state index contributed by atoms with van der Waals surface area (Å²) in [6.45, 7) is 3.45. The summed E-state index contributed by atoms with van der Waals surface area (Å²) in [4.78, 5) is 2.07. The van der Waals surface area contributed by atoms with Crippen LogP contribution in [0.2, 0.25) is 5.02 Å². The molecule has 0 aliphatic carbocycles. The third kappa shape index (κ3) is 4.37. The molecule has 0 spiro atoms. The van der Waals surface area contributed by atoms with Crippen molar-refractivity contribution in [1.29, 1.82) is 0 Å². The first kappa shape index (κ1) is 12.8. The molecule has 0 fully saturated rings. The normalized spacial score (nSPS) is 13.2. The quantitative estimate of drug-likeness (QED) is 0.739. The zero-order valence-corrected chi connectivity index (χ0v) is 10.3. The van der Waals surface area contributed by atoms with Gasteiger partial charge in [-0.15, -0.1) is 11.6 Å². The number of rotatable bonds is 4. The van der Waals surface area contributed by atoms with E-state index in [1.807, 2.05) is 14.0 Å². The zero-order valence-electron chi connectivity index (χ0n) is 8.80. The smallest absolute Gasteiger partial charge is 0.141 e. The standard InChI is InChI=1S/C11H14Cl2FN/c1-8(12)6-15(2)7-9-3-4-11(14)10(13)5-9/h3-5,8H,6-7H2,1-2H3. The molecule has 1 aromatic carbocycles. The van der Waals surface area contributed by atoms with E-state index in [0.717, 1.165) is 18.7 Å². The summed E-state index contributed by atoms with van der Waals surface area (Å²) in [5, 5.41) is 0.269. The first-order chi connectivity index (χ1) is 6.99. The summed E-state index contributed by atoms with van der Waals surface area (Å²) < 4.78 is 12.9. The summed E-state index contributed by atoms with van der Waals surface area (Å²) in [7, 11) is 1.97. The lowest BCUT2D eigenvalue weighted by molar-refractivity contribution is 0.330. The molecule has 1 atom stereocenters. The first-order valence-electron chi connectivity index (χ1n) is 4.75. The Morgan fingerprint density at radius 2 is 2.13 bits per heavy atom. The van der Waals surface area contributed by atoms with Crippen LogP contribution < -0.4 is 0 Å². The number of hydrogen-bond acceptors (Lipinski definition) is 1. The molecule has 1 aromatic rings. The number of halogens is 3. The molecule has 0 bridgehead atoms. The Hall–Kier alpha value is -0.310. The highest BCUT2D eigenvalue weighted by Gasteiger charge is 2.06. The van der Waals surface area contributed by atoms with Crippen molar-refractivity contribution >= 4 is 23.2 Å². The number of alkyl halides is 1. The molecular weight excluding hydrogens is 236 g/mol. The molecule has 1 unspecified atom stereocenters. The Balaban J connectivity index is 2.60. The van der Waals surface area contributed by atoms with Crippen molar-refractivity contribution in [3.05, 3.63) is 34.6 Å². The van der Waals surface area contributed by atoms with Crippen molar-refractivity contribution in [2.24, 2.45) is 0 Å². The van der Waals surface area contributed by atoms with E-state index in [4.69, 9.17) is 23.2 Å². The molecule has 0 N–H and O–H groups in total. The average molecular weight is 250 g/mol. The summed E-state index contributed by atoms with van der Waals surface area (Å²) in [6.07, 6.45) is 0. The second kappa shape index (κ2) is 5.69. The number of benzene rings is 1. The highest BCUT2D eigenvalue weighted by molar-refractivity contribution is 6.30. The van der Waals surface area contributed by atoms with Crippen LogP contribution in [-0.2, 0) is 6.54 Å². The molecule has 4 heteroatoms. The summed E-state index contributed by atoms with van der Waals surface area (Å²) >= 11 is 11.6. The Morgan fingerprint density at radius 3 is 2.67 bits per heavy atom. The molecular formula is C11H14Cl2FN. The van der Waals surface area contributed by atoms with Gasteiger partial charge in [0.2, 0.25) is 0 Å². The fourth-order valence-corrected chi connectivity index (χ4v) is 1.88. The van der Waals surface area contributed by atoms with Gasteiger partial charge in [-0.1, -0.05) is 17.7 Å². The van der Waals surface area contributed by atoms with Crippen molar-refractivity contribution in [2.45, 2.75) is 18.8 Å². The summed E-state index contributed by atoms with van der Waals surface area (Å²) in [5.41, 5.74) is 0.987. The van der Waals surface area contributed by atoms with Gasteiger partial charge in [-0.05, 0) is 31.7 Å². The van der Waals surface area contributed by atoms with E-state index < -0.39 is 0 Å². The maximum Gasteiger partial charge on any atom is 0.141 e. The Kier molecular flexibility index (Phi) is 4.84. The van der Waals surface area contributed by atoms with Crippen molar-refractivity contribution in [3.63, 3.8) is 0 Å². The number of nitrogens with zero attached hydrogens (tertiary/aromatic N) is 1. The van der Waals surface area contributed by atoms with Gasteiger partial charge in [-0.25, -0.2) is 4.39 Å². The van der Waals surface area contributed by atoms with Gasteiger partial charge in [-0.3, -0.25) is 0 Å². The van der Waals surface area contributed by atoms with Crippen LogP contribution in [0.4, 0.5) is 4.39 Å². The molecule has 0 aliphatic heterocycles. The van der Waals surface area contributed by atoms with Gasteiger partial charge < -0.3 is 4.90 Å². The van der Waals surface area contributed by atoms with E-state index in [1.54, 1.807) is 12.1 Å². The predicted molar refractivity (Wildman–Crippen MR) is 63.1 cm³/mol. The molecule has 1 rings (SSSR count). The van der Waals surface area contributed by atoms with Crippen LogP contribution in [0.3, 0.4) is 0 Å². The first-order valence-corrected chi connectivity index (χ1v) is 5.57. The Labute approximate surface area is 99.8 Å². The fourth-order valence-electron chi connectivity index (χ4n) is 1.44. The van der Waals surface area contributed by atoms with Gasteiger partial charge in [0, 0.05) is 18.5 Å².